The van der Waals surface area contributed by atoms with Gasteiger partial charge < -0.3 is 9.84 Å². The Kier molecular flexibility index (Phi) is 9.18. The fourth-order valence-electron chi connectivity index (χ4n) is 5.99. The molecule has 16 heteroatoms. The number of alkyl halides is 6. The molecule has 1 aliphatic carbocycles. The number of aliphatic hydroxyl groups excluding tert-OH is 1. The van der Waals surface area contributed by atoms with Crippen LogP contribution in [0.2, 0.25) is 10.0 Å². The fourth-order valence-corrected chi connectivity index (χ4v) is 6.56. The molecular weight excluding hydrogens is 639 g/mol. The van der Waals surface area contributed by atoms with Crippen molar-refractivity contribution in [1.82, 2.24) is 24.6 Å². The van der Waals surface area contributed by atoms with Gasteiger partial charge in [-0.1, -0.05) is 35.3 Å². The summed E-state index contributed by atoms with van der Waals surface area (Å²) in [6, 6.07) is 3.23. The number of ether oxygens (including phenoxy) is 1. The molecule has 8 nitrogen and oxygen atoms in total. The normalized spacial score (nSPS) is 22.3. The standard InChI is InChI=1S/C28H27Cl2F6N5O3/c1-14(19-6-5-17(29)10-20(19)30)41-25-23(24(39-41)27(31,32)33)37-11-21(38-25)15-4-7-22(40-8-2-3-18(40)12-42)16(9-15)13-44-26(43)28(34,35)36/h4-6,10-11,14,16,18,22,42H,2-3,7-9,12-13H2,1H3. The number of hydrogen-bond acceptors (Lipinski definition) is 7. The number of nitrogens with zero attached hydrogens (tertiary/aromatic N) is 5. The Labute approximate surface area is 257 Å². The van der Waals surface area contributed by atoms with Crippen molar-refractivity contribution >= 4 is 45.9 Å². The van der Waals surface area contributed by atoms with Gasteiger partial charge in [-0.15, -0.1) is 0 Å². The Hall–Kier alpha value is -2.94. The Bertz CT molecular complexity index is 1580. The molecule has 0 radical (unpaired) electrons. The summed E-state index contributed by atoms with van der Waals surface area (Å²) in [6.45, 7) is 1.52. The Morgan fingerprint density at radius 2 is 1.95 bits per heavy atom. The molecule has 1 aliphatic heterocycles. The molecule has 0 spiro atoms. The topological polar surface area (TPSA) is 93.4 Å². The molecule has 1 fully saturated rings. The van der Waals surface area contributed by atoms with Crippen molar-refractivity contribution in [3.05, 3.63) is 57.5 Å². The van der Waals surface area contributed by atoms with E-state index in [9.17, 15) is 36.2 Å². The van der Waals surface area contributed by atoms with Crippen molar-refractivity contribution < 1.29 is 41.0 Å². The number of carbonyl (C=O) groups excluding carboxylic acids is 1. The monoisotopic (exact) mass is 665 g/mol. The molecule has 238 valence electrons. The number of likely N-dealkylation sites (tertiary alicyclic amines) is 1. The van der Waals surface area contributed by atoms with Crippen molar-refractivity contribution in [2.45, 2.75) is 63.1 Å². The molecule has 4 unspecified atom stereocenters. The lowest BCUT2D eigenvalue weighted by Crippen LogP contribution is -2.47. The molecule has 3 heterocycles. The van der Waals surface area contributed by atoms with E-state index in [2.05, 4.69) is 19.8 Å². The second-order valence-corrected chi connectivity index (χ2v) is 11.7. The lowest BCUT2D eigenvalue weighted by atomic mass is 9.82. The summed E-state index contributed by atoms with van der Waals surface area (Å²) >= 11 is 12.3. The summed E-state index contributed by atoms with van der Waals surface area (Å²) in [6.07, 6.45) is -5.11. The van der Waals surface area contributed by atoms with E-state index in [1.807, 2.05) is 4.90 Å². The zero-order valence-electron chi connectivity index (χ0n) is 23.2. The van der Waals surface area contributed by atoms with Crippen LogP contribution in [-0.2, 0) is 15.7 Å². The van der Waals surface area contributed by atoms with Gasteiger partial charge >= 0.3 is 18.3 Å². The van der Waals surface area contributed by atoms with Crippen LogP contribution in [0.25, 0.3) is 16.7 Å². The molecule has 4 atom stereocenters. The second kappa shape index (κ2) is 12.5. The van der Waals surface area contributed by atoms with Gasteiger partial charge in [-0.05, 0) is 62.4 Å². The average molecular weight is 666 g/mol. The van der Waals surface area contributed by atoms with Gasteiger partial charge in [0.15, 0.2) is 11.3 Å². The van der Waals surface area contributed by atoms with Gasteiger partial charge in [0.1, 0.15) is 5.52 Å². The van der Waals surface area contributed by atoms with E-state index in [0.29, 0.717) is 35.5 Å². The maximum Gasteiger partial charge on any atom is 0.490 e. The van der Waals surface area contributed by atoms with Gasteiger partial charge in [0, 0.05) is 28.0 Å². The Balaban J connectivity index is 1.53. The third-order valence-electron chi connectivity index (χ3n) is 8.13. The van der Waals surface area contributed by atoms with E-state index in [4.69, 9.17) is 23.2 Å². The highest BCUT2D eigenvalue weighted by Gasteiger charge is 2.43. The number of aliphatic hydroxyl groups is 1. The van der Waals surface area contributed by atoms with Crippen LogP contribution in [0.1, 0.15) is 55.6 Å². The first kappa shape index (κ1) is 32.5. The van der Waals surface area contributed by atoms with Crippen LogP contribution >= 0.6 is 23.2 Å². The average Bonchev–Trinajstić information content (AvgIpc) is 3.59. The zero-order chi connectivity index (χ0) is 32.0. The van der Waals surface area contributed by atoms with Gasteiger partial charge in [0.25, 0.3) is 0 Å². The van der Waals surface area contributed by atoms with Crippen molar-refractivity contribution in [2.75, 3.05) is 19.8 Å². The van der Waals surface area contributed by atoms with Crippen LogP contribution in [-0.4, -0.2) is 73.7 Å². The summed E-state index contributed by atoms with van der Waals surface area (Å²) in [4.78, 5) is 22.1. The molecular formula is C28H27Cl2F6N5O3. The number of hydrogen-bond donors (Lipinski definition) is 1. The predicted molar refractivity (Wildman–Crippen MR) is 149 cm³/mol. The zero-order valence-corrected chi connectivity index (χ0v) is 24.7. The van der Waals surface area contributed by atoms with Crippen molar-refractivity contribution in [3.8, 4) is 0 Å². The van der Waals surface area contributed by atoms with E-state index in [-0.39, 0.29) is 41.5 Å². The largest absolute Gasteiger partial charge is 0.490 e. The summed E-state index contributed by atoms with van der Waals surface area (Å²) in [5.41, 5.74) is -0.726. The van der Waals surface area contributed by atoms with Crippen LogP contribution in [0, 0.1) is 5.92 Å². The van der Waals surface area contributed by atoms with E-state index in [1.165, 1.54) is 12.3 Å². The molecule has 1 N–H and O–H groups in total. The highest BCUT2D eigenvalue weighted by atomic mass is 35.5. The van der Waals surface area contributed by atoms with E-state index in [1.54, 1.807) is 25.1 Å². The van der Waals surface area contributed by atoms with Crippen LogP contribution in [0.5, 0.6) is 0 Å². The van der Waals surface area contributed by atoms with E-state index < -0.39 is 48.1 Å². The van der Waals surface area contributed by atoms with Crippen molar-refractivity contribution in [3.63, 3.8) is 0 Å². The number of halogens is 8. The fraction of sp³-hybridized carbons (Fsp3) is 0.500. The SMILES string of the molecule is CC(c1ccc(Cl)cc1Cl)n1nc(C(F)(F)F)c2ncc(C3=CCC(N4CCCC4CO)C(COC(=O)C(F)(F)F)C3)nc21. The van der Waals surface area contributed by atoms with Gasteiger partial charge in [0.05, 0.1) is 31.1 Å². The quantitative estimate of drug-likeness (QED) is 0.228. The van der Waals surface area contributed by atoms with E-state index in [0.717, 1.165) is 11.1 Å². The smallest absolute Gasteiger partial charge is 0.459 e. The van der Waals surface area contributed by atoms with Crippen molar-refractivity contribution in [2.24, 2.45) is 5.92 Å². The minimum atomic E-state index is -5.17. The summed E-state index contributed by atoms with van der Waals surface area (Å²) in [7, 11) is 0. The minimum Gasteiger partial charge on any atom is -0.459 e. The molecule has 1 saturated heterocycles. The van der Waals surface area contributed by atoms with E-state index >= 15 is 0 Å². The highest BCUT2D eigenvalue weighted by Crippen LogP contribution is 2.39. The molecule has 2 aliphatic rings. The first-order valence-electron chi connectivity index (χ1n) is 13.8. The molecule has 2 aromatic heterocycles. The lowest BCUT2D eigenvalue weighted by molar-refractivity contribution is -0.201. The van der Waals surface area contributed by atoms with Crippen molar-refractivity contribution in [1.29, 1.82) is 0 Å². The van der Waals surface area contributed by atoms with Crippen LogP contribution in [0.3, 0.4) is 0 Å². The third-order valence-corrected chi connectivity index (χ3v) is 8.69. The maximum absolute atomic E-state index is 14.0. The predicted octanol–water partition coefficient (Wildman–Crippen LogP) is 6.49. The first-order valence-corrected chi connectivity index (χ1v) is 14.5. The molecule has 44 heavy (non-hydrogen) atoms. The van der Waals surface area contributed by atoms with Gasteiger partial charge in [0.2, 0.25) is 0 Å². The van der Waals surface area contributed by atoms with Crippen LogP contribution < -0.4 is 0 Å². The third kappa shape index (κ3) is 6.53. The number of allylic oxidation sites excluding steroid dienone is 1. The summed E-state index contributed by atoms with van der Waals surface area (Å²) in [5, 5.41) is 14.2. The van der Waals surface area contributed by atoms with Gasteiger partial charge in [-0.3, -0.25) is 4.90 Å². The summed E-state index contributed by atoms with van der Waals surface area (Å²) in [5.74, 6) is -2.93. The summed E-state index contributed by atoms with van der Waals surface area (Å²) < 4.78 is 86.4. The molecule has 5 rings (SSSR count). The molecule has 0 saturated carbocycles. The Morgan fingerprint density at radius 1 is 1.20 bits per heavy atom. The number of benzene rings is 1. The van der Waals surface area contributed by atoms with Crippen LogP contribution in [0.4, 0.5) is 26.3 Å². The Morgan fingerprint density at radius 3 is 2.61 bits per heavy atom. The molecule has 3 aromatic rings. The number of rotatable bonds is 7. The maximum atomic E-state index is 14.0. The lowest BCUT2D eigenvalue weighted by Gasteiger charge is -2.39. The highest BCUT2D eigenvalue weighted by molar-refractivity contribution is 6.35. The molecule has 0 bridgehead atoms. The van der Waals surface area contributed by atoms with Crippen LogP contribution in [0.15, 0.2) is 30.5 Å². The molecule has 0 amide bonds. The number of carbonyl (C=O) groups is 1. The first-order chi connectivity index (χ1) is 20.7. The number of esters is 1. The van der Waals surface area contributed by atoms with Gasteiger partial charge in [-0.25, -0.2) is 19.4 Å². The number of fused-ring (bicyclic) bond motifs is 1. The second-order valence-electron chi connectivity index (χ2n) is 10.9. The van der Waals surface area contributed by atoms with Gasteiger partial charge in [-0.2, -0.15) is 31.4 Å². The number of aromatic nitrogens is 4. The molecule has 1 aromatic carbocycles. The minimum absolute atomic E-state index is 0.101.